The van der Waals surface area contributed by atoms with Gasteiger partial charge in [-0.15, -0.1) is 0 Å². The van der Waals surface area contributed by atoms with Gasteiger partial charge >= 0.3 is 0 Å². The summed E-state index contributed by atoms with van der Waals surface area (Å²) >= 11 is 0. The summed E-state index contributed by atoms with van der Waals surface area (Å²) in [4.78, 5) is 26.9. The molecule has 0 aliphatic rings. The van der Waals surface area contributed by atoms with Gasteiger partial charge in [0.1, 0.15) is 5.52 Å². The van der Waals surface area contributed by atoms with E-state index >= 15 is 0 Å². The number of benzene rings is 1. The monoisotopic (exact) mass is 411 g/mol. The van der Waals surface area contributed by atoms with Crippen molar-refractivity contribution in [3.05, 3.63) is 47.7 Å². The highest BCUT2D eigenvalue weighted by Crippen LogP contribution is 2.20. The summed E-state index contributed by atoms with van der Waals surface area (Å²) in [5, 5.41) is 20.9. The molecule has 0 saturated heterocycles. The molecule has 30 heavy (non-hydrogen) atoms. The smallest absolute Gasteiger partial charge is 0.251 e. The van der Waals surface area contributed by atoms with Gasteiger partial charge in [0.25, 0.3) is 5.91 Å². The second-order valence-electron chi connectivity index (χ2n) is 6.91. The van der Waals surface area contributed by atoms with E-state index in [2.05, 4.69) is 20.3 Å². The fourth-order valence-electron chi connectivity index (χ4n) is 3.02. The molecule has 0 fully saturated rings. The molecule has 10 nitrogen and oxygen atoms in total. The summed E-state index contributed by atoms with van der Waals surface area (Å²) in [5.41, 5.74) is 14.7. The minimum absolute atomic E-state index is 0.108. The number of nitrogens with two attached hydrogens (primary N) is 2. The Kier molecular flexibility index (Phi) is 6.60. The van der Waals surface area contributed by atoms with E-state index in [1.54, 1.807) is 18.2 Å². The number of hydrogen-bond donors (Lipinski definition) is 5. The first kappa shape index (κ1) is 21.2. The Morgan fingerprint density at radius 3 is 2.50 bits per heavy atom. The lowest BCUT2D eigenvalue weighted by atomic mass is 10.1. The highest BCUT2D eigenvalue weighted by molar-refractivity contribution is 5.94. The molecule has 3 rings (SSSR count). The molecule has 7 N–H and O–H groups in total. The largest absolute Gasteiger partial charge is 0.396 e. The van der Waals surface area contributed by atoms with Crippen molar-refractivity contribution in [2.75, 3.05) is 36.6 Å². The third-order valence-electron chi connectivity index (χ3n) is 4.65. The number of carbonyl (C=O) groups excluding carboxylic acids is 1. The SMILES string of the molecule is CN(Cc1ccc2nc(N)nc(N)c2n1)c1ccc(C(=O)NC(CO)CCO)cc1. The highest BCUT2D eigenvalue weighted by Gasteiger charge is 2.13. The molecule has 1 amide bonds. The molecule has 0 saturated carbocycles. The Morgan fingerprint density at radius 2 is 1.83 bits per heavy atom. The maximum Gasteiger partial charge on any atom is 0.251 e. The molecule has 1 aromatic carbocycles. The fourth-order valence-corrected chi connectivity index (χ4v) is 3.02. The number of carbonyl (C=O) groups is 1. The third-order valence-corrected chi connectivity index (χ3v) is 4.65. The van der Waals surface area contributed by atoms with Crippen molar-refractivity contribution < 1.29 is 15.0 Å². The molecule has 1 atom stereocenters. The van der Waals surface area contributed by atoms with E-state index < -0.39 is 6.04 Å². The van der Waals surface area contributed by atoms with Crippen LogP contribution in [0.1, 0.15) is 22.5 Å². The maximum atomic E-state index is 12.3. The van der Waals surface area contributed by atoms with Crippen molar-refractivity contribution in [2.45, 2.75) is 19.0 Å². The summed E-state index contributed by atoms with van der Waals surface area (Å²) in [6.45, 7) is 0.172. The van der Waals surface area contributed by atoms with Gasteiger partial charge in [-0.25, -0.2) is 9.97 Å². The average Bonchev–Trinajstić information content (AvgIpc) is 2.73. The van der Waals surface area contributed by atoms with Crippen LogP contribution in [-0.4, -0.2) is 57.4 Å². The Morgan fingerprint density at radius 1 is 1.10 bits per heavy atom. The number of nitrogen functional groups attached to an aromatic ring is 2. The third kappa shape index (κ3) is 4.91. The van der Waals surface area contributed by atoms with Gasteiger partial charge in [0.15, 0.2) is 5.82 Å². The van der Waals surface area contributed by atoms with Crippen LogP contribution in [0.5, 0.6) is 0 Å². The van der Waals surface area contributed by atoms with Crippen LogP contribution < -0.4 is 21.7 Å². The van der Waals surface area contributed by atoms with E-state index in [4.69, 9.17) is 16.6 Å². The van der Waals surface area contributed by atoms with Gasteiger partial charge in [-0.1, -0.05) is 0 Å². The van der Waals surface area contributed by atoms with Crippen LogP contribution in [0.2, 0.25) is 0 Å². The van der Waals surface area contributed by atoms with Crippen molar-refractivity contribution in [1.82, 2.24) is 20.3 Å². The maximum absolute atomic E-state index is 12.3. The number of aliphatic hydroxyl groups is 2. The molecule has 3 aromatic rings. The van der Waals surface area contributed by atoms with E-state index in [9.17, 15) is 9.90 Å². The zero-order valence-electron chi connectivity index (χ0n) is 16.6. The highest BCUT2D eigenvalue weighted by atomic mass is 16.3. The minimum Gasteiger partial charge on any atom is -0.396 e. The van der Waals surface area contributed by atoms with E-state index in [1.807, 2.05) is 30.1 Å². The van der Waals surface area contributed by atoms with Crippen LogP contribution in [0, 0.1) is 0 Å². The van der Waals surface area contributed by atoms with Gasteiger partial charge in [-0.05, 0) is 42.8 Å². The van der Waals surface area contributed by atoms with Crippen LogP contribution >= 0.6 is 0 Å². The summed E-state index contributed by atoms with van der Waals surface area (Å²) in [7, 11) is 1.91. The Balaban J connectivity index is 1.69. The molecule has 10 heteroatoms. The summed E-state index contributed by atoms with van der Waals surface area (Å²) in [6.07, 6.45) is 0.296. The van der Waals surface area contributed by atoms with Crippen molar-refractivity contribution in [3.63, 3.8) is 0 Å². The van der Waals surface area contributed by atoms with E-state index in [0.717, 1.165) is 11.4 Å². The van der Waals surface area contributed by atoms with Crippen molar-refractivity contribution in [3.8, 4) is 0 Å². The standard InChI is InChI=1S/C20H25N7O3/c1-27(10-13-4-7-16-17(23-13)18(21)26-20(22)25-16)15-5-2-12(3-6-15)19(30)24-14(11-29)8-9-28/h2-7,14,28-29H,8-11H2,1H3,(H,24,30)(H4,21,22,25,26). The van der Waals surface area contributed by atoms with Crippen LogP contribution in [-0.2, 0) is 6.54 Å². The molecule has 0 bridgehead atoms. The molecule has 2 heterocycles. The van der Waals surface area contributed by atoms with Gasteiger partial charge in [0, 0.05) is 24.9 Å². The van der Waals surface area contributed by atoms with Gasteiger partial charge in [-0.2, -0.15) is 4.98 Å². The van der Waals surface area contributed by atoms with Gasteiger partial charge in [0.2, 0.25) is 5.95 Å². The van der Waals surface area contributed by atoms with Crippen molar-refractivity contribution in [2.24, 2.45) is 0 Å². The first-order valence-electron chi connectivity index (χ1n) is 9.43. The number of amides is 1. The van der Waals surface area contributed by atoms with Crippen LogP contribution in [0.4, 0.5) is 17.5 Å². The van der Waals surface area contributed by atoms with E-state index in [0.29, 0.717) is 29.6 Å². The zero-order valence-corrected chi connectivity index (χ0v) is 16.6. The summed E-state index contributed by atoms with van der Waals surface area (Å²) in [6, 6.07) is 10.2. The number of aromatic nitrogens is 3. The number of aliphatic hydroxyl groups excluding tert-OH is 2. The van der Waals surface area contributed by atoms with Gasteiger partial charge < -0.3 is 31.9 Å². The van der Waals surface area contributed by atoms with Crippen LogP contribution in [0.15, 0.2) is 36.4 Å². The Bertz CT molecular complexity index is 1030. The predicted molar refractivity (Wildman–Crippen MR) is 115 cm³/mol. The van der Waals surface area contributed by atoms with E-state index in [-0.39, 0.29) is 30.9 Å². The lowest BCUT2D eigenvalue weighted by Crippen LogP contribution is -2.38. The molecule has 0 aliphatic heterocycles. The Hall–Kier alpha value is -3.50. The number of fused-ring (bicyclic) bond motifs is 1. The molecule has 158 valence electrons. The first-order chi connectivity index (χ1) is 14.4. The molecular formula is C20H25N7O3. The summed E-state index contributed by atoms with van der Waals surface area (Å²) in [5.74, 6) is 0.0415. The molecule has 1 unspecified atom stereocenters. The van der Waals surface area contributed by atoms with Crippen molar-refractivity contribution >= 4 is 34.4 Å². The molecule has 0 spiro atoms. The Labute approximate surface area is 173 Å². The molecule has 0 aliphatic carbocycles. The number of pyridine rings is 1. The second-order valence-corrected chi connectivity index (χ2v) is 6.91. The number of anilines is 3. The van der Waals surface area contributed by atoms with Crippen LogP contribution in [0.3, 0.4) is 0 Å². The number of nitrogens with one attached hydrogen (secondary N) is 1. The molecular weight excluding hydrogens is 386 g/mol. The zero-order chi connectivity index (χ0) is 21.7. The molecule has 0 radical (unpaired) electrons. The molecule has 2 aromatic heterocycles. The lowest BCUT2D eigenvalue weighted by molar-refractivity contribution is 0.0904. The number of hydrogen-bond acceptors (Lipinski definition) is 9. The second kappa shape index (κ2) is 9.33. The summed E-state index contributed by atoms with van der Waals surface area (Å²) < 4.78 is 0. The van der Waals surface area contributed by atoms with Gasteiger partial charge in [-0.3, -0.25) is 4.79 Å². The average molecular weight is 411 g/mol. The van der Waals surface area contributed by atoms with Crippen molar-refractivity contribution in [1.29, 1.82) is 0 Å². The quantitative estimate of drug-likeness (QED) is 0.351. The normalized spacial score (nSPS) is 12.0. The fraction of sp³-hybridized carbons (Fsp3) is 0.300. The minimum atomic E-state index is -0.476. The van der Waals surface area contributed by atoms with Crippen LogP contribution in [0.25, 0.3) is 11.0 Å². The first-order valence-corrected chi connectivity index (χ1v) is 9.43. The predicted octanol–water partition coefficient (Wildman–Crippen LogP) is 0.299. The van der Waals surface area contributed by atoms with E-state index in [1.165, 1.54) is 0 Å². The lowest BCUT2D eigenvalue weighted by Gasteiger charge is -2.20. The topological polar surface area (TPSA) is 164 Å². The van der Waals surface area contributed by atoms with Gasteiger partial charge in [0.05, 0.1) is 30.4 Å². The number of rotatable bonds is 8. The number of nitrogens with zero attached hydrogens (tertiary/aromatic N) is 4.